The van der Waals surface area contributed by atoms with Gasteiger partial charge >= 0.3 is 6.03 Å². The largest absolute Gasteiger partial charge is 0.326 e. The van der Waals surface area contributed by atoms with Crippen LogP contribution in [0.5, 0.6) is 0 Å². The Balaban J connectivity index is 1.74. The van der Waals surface area contributed by atoms with Crippen molar-refractivity contribution in [3.05, 3.63) is 65.2 Å². The van der Waals surface area contributed by atoms with E-state index in [1.54, 1.807) is 12.1 Å². The zero-order valence-electron chi connectivity index (χ0n) is 17.0. The molecule has 1 heterocycles. The van der Waals surface area contributed by atoms with Crippen molar-refractivity contribution >= 4 is 29.3 Å². The van der Waals surface area contributed by atoms with Crippen molar-refractivity contribution in [1.29, 1.82) is 0 Å². The van der Waals surface area contributed by atoms with Crippen LogP contribution in [0.3, 0.4) is 0 Å². The standard InChI is InChI=1S/C22H21F2N3O4/c1-3-4-19(29)25-15-8-5-13(6-9-15)18(28)12-27-20(30)22(2,26-21(27)31)16-11-14(23)7-10-17(16)24/h5-11H,3-4,12H2,1-2H3,(H,25,29)(H,26,31). The van der Waals surface area contributed by atoms with E-state index in [1.165, 1.54) is 19.1 Å². The summed E-state index contributed by atoms with van der Waals surface area (Å²) in [6, 6.07) is 7.74. The summed E-state index contributed by atoms with van der Waals surface area (Å²) >= 11 is 0. The molecule has 9 heteroatoms. The Morgan fingerprint density at radius 1 is 1.10 bits per heavy atom. The molecule has 1 unspecified atom stereocenters. The van der Waals surface area contributed by atoms with E-state index in [0.29, 0.717) is 23.4 Å². The number of benzene rings is 2. The maximum absolute atomic E-state index is 14.2. The van der Waals surface area contributed by atoms with Crippen molar-refractivity contribution in [2.75, 3.05) is 11.9 Å². The predicted octanol–water partition coefficient (Wildman–Crippen LogP) is 3.35. The van der Waals surface area contributed by atoms with E-state index in [0.717, 1.165) is 18.2 Å². The minimum atomic E-state index is -1.84. The summed E-state index contributed by atoms with van der Waals surface area (Å²) in [4.78, 5) is 50.1. The number of rotatable bonds is 7. The Morgan fingerprint density at radius 2 is 1.77 bits per heavy atom. The van der Waals surface area contributed by atoms with Crippen molar-refractivity contribution in [2.45, 2.75) is 32.2 Å². The van der Waals surface area contributed by atoms with E-state index in [-0.39, 0.29) is 17.0 Å². The molecule has 0 saturated carbocycles. The molecule has 1 atom stereocenters. The number of urea groups is 1. The molecule has 0 aliphatic carbocycles. The van der Waals surface area contributed by atoms with Gasteiger partial charge in [-0.2, -0.15) is 0 Å². The number of hydrogen-bond donors (Lipinski definition) is 2. The first-order valence-electron chi connectivity index (χ1n) is 9.68. The van der Waals surface area contributed by atoms with Crippen molar-refractivity contribution in [3.8, 4) is 0 Å². The fourth-order valence-corrected chi connectivity index (χ4v) is 3.33. The Kier molecular flexibility index (Phi) is 6.14. The number of Topliss-reactive ketones (excluding diaryl/α,β-unsaturated/α-hetero) is 1. The van der Waals surface area contributed by atoms with Crippen LogP contribution in [0.1, 0.15) is 42.6 Å². The highest BCUT2D eigenvalue weighted by Crippen LogP contribution is 2.31. The summed E-state index contributed by atoms with van der Waals surface area (Å²) in [5.74, 6) is -3.16. The number of hydrogen-bond acceptors (Lipinski definition) is 4. The molecule has 1 aliphatic rings. The second kappa shape index (κ2) is 8.63. The summed E-state index contributed by atoms with van der Waals surface area (Å²) in [6.45, 7) is 2.56. The number of nitrogens with one attached hydrogen (secondary N) is 2. The van der Waals surface area contributed by atoms with Gasteiger partial charge < -0.3 is 10.6 Å². The molecular formula is C22H21F2N3O4. The molecule has 162 valence electrons. The van der Waals surface area contributed by atoms with Gasteiger partial charge in [-0.1, -0.05) is 6.92 Å². The second-order valence-corrected chi connectivity index (χ2v) is 7.37. The monoisotopic (exact) mass is 429 g/mol. The first-order chi connectivity index (χ1) is 14.7. The molecule has 2 N–H and O–H groups in total. The number of imide groups is 1. The second-order valence-electron chi connectivity index (χ2n) is 7.37. The maximum Gasteiger partial charge on any atom is 0.325 e. The maximum atomic E-state index is 14.2. The fraction of sp³-hybridized carbons (Fsp3) is 0.273. The third-order valence-corrected chi connectivity index (χ3v) is 5.01. The van der Waals surface area contributed by atoms with Crippen LogP contribution in [-0.4, -0.2) is 35.1 Å². The topological polar surface area (TPSA) is 95.6 Å². The van der Waals surface area contributed by atoms with Crippen molar-refractivity contribution in [3.63, 3.8) is 0 Å². The summed E-state index contributed by atoms with van der Waals surface area (Å²) in [5.41, 5.74) is -1.43. The summed E-state index contributed by atoms with van der Waals surface area (Å²) in [6.07, 6.45) is 1.07. The number of carbonyl (C=O) groups is 4. The van der Waals surface area contributed by atoms with Gasteiger partial charge in [0.1, 0.15) is 17.2 Å². The van der Waals surface area contributed by atoms with Crippen LogP contribution < -0.4 is 10.6 Å². The molecule has 0 aromatic heterocycles. The highest BCUT2D eigenvalue weighted by Gasteiger charge is 2.50. The lowest BCUT2D eigenvalue weighted by Crippen LogP contribution is -2.42. The Labute approximate surface area is 177 Å². The Hall–Kier alpha value is -3.62. The molecule has 0 bridgehead atoms. The molecule has 7 nitrogen and oxygen atoms in total. The van der Waals surface area contributed by atoms with E-state index in [9.17, 15) is 28.0 Å². The number of anilines is 1. The number of halogens is 2. The number of amides is 4. The fourth-order valence-electron chi connectivity index (χ4n) is 3.33. The predicted molar refractivity (Wildman–Crippen MR) is 108 cm³/mol. The van der Waals surface area contributed by atoms with Gasteiger partial charge in [-0.25, -0.2) is 13.6 Å². The van der Waals surface area contributed by atoms with E-state index >= 15 is 0 Å². The molecule has 4 amide bonds. The zero-order valence-corrected chi connectivity index (χ0v) is 17.0. The lowest BCUT2D eigenvalue weighted by molar-refractivity contribution is -0.130. The van der Waals surface area contributed by atoms with Gasteiger partial charge in [-0.05, 0) is 55.8 Å². The molecule has 31 heavy (non-hydrogen) atoms. The molecule has 0 radical (unpaired) electrons. The van der Waals surface area contributed by atoms with Crippen LogP contribution in [0, 0.1) is 11.6 Å². The van der Waals surface area contributed by atoms with Gasteiger partial charge in [0.05, 0.1) is 6.54 Å². The third-order valence-electron chi connectivity index (χ3n) is 5.01. The van der Waals surface area contributed by atoms with E-state index in [4.69, 9.17) is 0 Å². The number of carbonyl (C=O) groups excluding carboxylic acids is 4. The van der Waals surface area contributed by atoms with Gasteiger partial charge in [0.25, 0.3) is 5.91 Å². The zero-order chi connectivity index (χ0) is 22.8. The molecule has 1 aliphatic heterocycles. The highest BCUT2D eigenvalue weighted by atomic mass is 19.1. The number of nitrogens with zero attached hydrogens (tertiary/aromatic N) is 1. The minimum Gasteiger partial charge on any atom is -0.326 e. The summed E-state index contributed by atoms with van der Waals surface area (Å²) in [7, 11) is 0. The van der Waals surface area contributed by atoms with Crippen molar-refractivity contribution in [2.24, 2.45) is 0 Å². The molecule has 1 fully saturated rings. The van der Waals surface area contributed by atoms with Crippen LogP contribution in [0.2, 0.25) is 0 Å². The molecule has 3 rings (SSSR count). The van der Waals surface area contributed by atoms with Gasteiger partial charge in [-0.15, -0.1) is 0 Å². The summed E-state index contributed by atoms with van der Waals surface area (Å²) < 4.78 is 27.8. The first-order valence-corrected chi connectivity index (χ1v) is 9.68. The molecule has 1 saturated heterocycles. The van der Waals surface area contributed by atoms with Crippen LogP contribution in [0.25, 0.3) is 0 Å². The first kappa shape index (κ1) is 22.1. The average molecular weight is 429 g/mol. The SMILES string of the molecule is CCCC(=O)Nc1ccc(C(=O)CN2C(=O)NC(C)(c3cc(F)ccc3F)C2=O)cc1. The van der Waals surface area contributed by atoms with Gasteiger partial charge in [0, 0.05) is 23.2 Å². The lowest BCUT2D eigenvalue weighted by Gasteiger charge is -2.22. The van der Waals surface area contributed by atoms with E-state index in [2.05, 4.69) is 10.6 Å². The minimum absolute atomic E-state index is 0.148. The Bertz CT molecular complexity index is 1060. The average Bonchev–Trinajstić information content (AvgIpc) is 2.94. The smallest absolute Gasteiger partial charge is 0.325 e. The van der Waals surface area contributed by atoms with Crippen LogP contribution >= 0.6 is 0 Å². The van der Waals surface area contributed by atoms with Crippen LogP contribution in [0.4, 0.5) is 19.3 Å². The van der Waals surface area contributed by atoms with Gasteiger partial charge in [-0.3, -0.25) is 19.3 Å². The van der Waals surface area contributed by atoms with Crippen molar-refractivity contribution in [1.82, 2.24) is 10.2 Å². The Morgan fingerprint density at radius 3 is 2.42 bits per heavy atom. The molecular weight excluding hydrogens is 408 g/mol. The molecule has 0 spiro atoms. The van der Waals surface area contributed by atoms with Crippen LogP contribution in [-0.2, 0) is 15.1 Å². The molecule has 2 aromatic carbocycles. The summed E-state index contributed by atoms with van der Waals surface area (Å²) in [5, 5.41) is 5.03. The highest BCUT2D eigenvalue weighted by molar-refractivity contribution is 6.11. The van der Waals surface area contributed by atoms with Crippen LogP contribution in [0.15, 0.2) is 42.5 Å². The van der Waals surface area contributed by atoms with E-state index < -0.39 is 41.4 Å². The van der Waals surface area contributed by atoms with Crippen molar-refractivity contribution < 1.29 is 28.0 Å². The van der Waals surface area contributed by atoms with E-state index in [1.807, 2.05) is 6.92 Å². The quantitative estimate of drug-likeness (QED) is 0.521. The molecule has 2 aromatic rings. The normalized spacial score (nSPS) is 18.1. The number of ketones is 1. The van der Waals surface area contributed by atoms with Gasteiger partial charge in [0.2, 0.25) is 5.91 Å². The lowest BCUT2D eigenvalue weighted by atomic mass is 9.91. The van der Waals surface area contributed by atoms with Gasteiger partial charge in [0.15, 0.2) is 5.78 Å². The third kappa shape index (κ3) is 4.45.